The lowest BCUT2D eigenvalue weighted by molar-refractivity contribution is 0.0846. The number of rotatable bonds is 4. The van der Waals surface area contributed by atoms with E-state index in [2.05, 4.69) is 36.9 Å². The second-order valence-electron chi connectivity index (χ2n) is 6.11. The summed E-state index contributed by atoms with van der Waals surface area (Å²) in [4.78, 5) is 29.0. The Morgan fingerprint density at radius 2 is 1.74 bits per heavy atom. The van der Waals surface area contributed by atoms with Gasteiger partial charge in [-0.2, -0.15) is 5.10 Å². The highest BCUT2D eigenvalue weighted by Gasteiger charge is 2.21. The predicted molar refractivity (Wildman–Crippen MR) is 105 cm³/mol. The number of hydrazine groups is 1. The standard InChI is InChI=1S/C19H18BrN5O2/c1-12(2)17-15(11-22-25(17)16-5-3-4-10-21-16)19(27)24-23-18(26)13-6-8-14(20)9-7-13/h3-12H,1-2H3,(H,23,26)(H,24,27). The zero-order chi connectivity index (χ0) is 19.4. The topological polar surface area (TPSA) is 88.9 Å². The first-order chi connectivity index (χ1) is 13.0. The van der Waals surface area contributed by atoms with Crippen molar-refractivity contribution in [2.45, 2.75) is 19.8 Å². The van der Waals surface area contributed by atoms with Gasteiger partial charge in [-0.05, 0) is 42.3 Å². The number of halogens is 1. The number of pyridine rings is 1. The molecule has 1 aromatic carbocycles. The average molecular weight is 428 g/mol. The fourth-order valence-corrected chi connectivity index (χ4v) is 2.87. The van der Waals surface area contributed by atoms with E-state index in [0.29, 0.717) is 22.6 Å². The van der Waals surface area contributed by atoms with Crippen molar-refractivity contribution >= 4 is 27.7 Å². The molecule has 0 aliphatic carbocycles. The molecule has 3 rings (SSSR count). The highest BCUT2D eigenvalue weighted by atomic mass is 79.9. The van der Waals surface area contributed by atoms with Crippen molar-refractivity contribution < 1.29 is 9.59 Å². The van der Waals surface area contributed by atoms with Crippen LogP contribution in [0.3, 0.4) is 0 Å². The monoisotopic (exact) mass is 427 g/mol. The van der Waals surface area contributed by atoms with Crippen LogP contribution in [0.15, 0.2) is 59.3 Å². The summed E-state index contributed by atoms with van der Waals surface area (Å²) in [6.45, 7) is 3.93. The molecule has 0 spiro atoms. The summed E-state index contributed by atoms with van der Waals surface area (Å²) in [5.74, 6) is -0.193. The number of benzene rings is 1. The molecule has 0 radical (unpaired) electrons. The third kappa shape index (κ3) is 4.22. The lowest BCUT2D eigenvalue weighted by Crippen LogP contribution is -2.41. The molecule has 0 aliphatic rings. The van der Waals surface area contributed by atoms with Gasteiger partial charge < -0.3 is 0 Å². The van der Waals surface area contributed by atoms with E-state index in [9.17, 15) is 9.59 Å². The molecular formula is C19H18BrN5O2. The average Bonchev–Trinajstić information content (AvgIpc) is 3.12. The van der Waals surface area contributed by atoms with E-state index in [1.807, 2.05) is 32.0 Å². The zero-order valence-corrected chi connectivity index (χ0v) is 16.4. The minimum atomic E-state index is -0.439. The first-order valence-corrected chi connectivity index (χ1v) is 9.12. The Hall–Kier alpha value is -3.00. The molecule has 2 aromatic heterocycles. The van der Waals surface area contributed by atoms with Crippen molar-refractivity contribution in [3.8, 4) is 5.82 Å². The van der Waals surface area contributed by atoms with E-state index in [-0.39, 0.29) is 5.92 Å². The summed E-state index contributed by atoms with van der Waals surface area (Å²) in [6.07, 6.45) is 3.14. The molecule has 2 heterocycles. The number of aromatic nitrogens is 3. The quantitative estimate of drug-likeness (QED) is 0.625. The fraction of sp³-hybridized carbons (Fsp3) is 0.158. The summed E-state index contributed by atoms with van der Waals surface area (Å²) in [5, 5.41) is 4.30. The minimum absolute atomic E-state index is 0.0254. The molecular weight excluding hydrogens is 410 g/mol. The molecule has 0 unspecified atom stereocenters. The molecule has 0 bridgehead atoms. The number of carbonyl (C=O) groups is 2. The number of nitrogens with one attached hydrogen (secondary N) is 2. The summed E-state index contributed by atoms with van der Waals surface area (Å²) in [6, 6.07) is 12.3. The van der Waals surface area contributed by atoms with Gasteiger partial charge in [-0.25, -0.2) is 9.67 Å². The minimum Gasteiger partial charge on any atom is -0.267 e. The molecule has 2 N–H and O–H groups in total. The Labute approximate surface area is 164 Å². The molecule has 0 fully saturated rings. The number of hydrogen-bond donors (Lipinski definition) is 2. The van der Waals surface area contributed by atoms with Crippen LogP contribution in [0.5, 0.6) is 0 Å². The smallest absolute Gasteiger partial charge is 0.267 e. The largest absolute Gasteiger partial charge is 0.273 e. The maximum atomic E-state index is 12.6. The highest BCUT2D eigenvalue weighted by Crippen LogP contribution is 2.22. The normalized spacial score (nSPS) is 10.7. The van der Waals surface area contributed by atoms with Crippen LogP contribution in [-0.4, -0.2) is 26.6 Å². The predicted octanol–water partition coefficient (Wildman–Crippen LogP) is 3.23. The summed E-state index contributed by atoms with van der Waals surface area (Å²) in [7, 11) is 0. The van der Waals surface area contributed by atoms with E-state index in [0.717, 1.165) is 4.47 Å². The maximum absolute atomic E-state index is 12.6. The first kappa shape index (κ1) is 18.8. The van der Waals surface area contributed by atoms with E-state index in [4.69, 9.17) is 0 Å². The highest BCUT2D eigenvalue weighted by molar-refractivity contribution is 9.10. The number of nitrogens with zero attached hydrogens (tertiary/aromatic N) is 3. The molecule has 0 atom stereocenters. The third-order valence-corrected chi connectivity index (χ3v) is 4.39. The van der Waals surface area contributed by atoms with E-state index >= 15 is 0 Å². The van der Waals surface area contributed by atoms with Gasteiger partial charge in [0, 0.05) is 16.2 Å². The van der Waals surface area contributed by atoms with Crippen LogP contribution < -0.4 is 10.9 Å². The molecule has 0 saturated carbocycles. The van der Waals surface area contributed by atoms with Crippen molar-refractivity contribution in [1.29, 1.82) is 0 Å². The van der Waals surface area contributed by atoms with Gasteiger partial charge in [0.2, 0.25) is 0 Å². The van der Waals surface area contributed by atoms with Crippen molar-refractivity contribution in [2.24, 2.45) is 0 Å². The van der Waals surface area contributed by atoms with E-state index in [1.54, 1.807) is 35.1 Å². The maximum Gasteiger partial charge on any atom is 0.273 e. The van der Waals surface area contributed by atoms with Gasteiger partial charge in [0.05, 0.1) is 17.5 Å². The fourth-order valence-electron chi connectivity index (χ4n) is 2.60. The lowest BCUT2D eigenvalue weighted by Gasteiger charge is -2.12. The van der Waals surface area contributed by atoms with Gasteiger partial charge in [0.15, 0.2) is 5.82 Å². The molecule has 138 valence electrons. The van der Waals surface area contributed by atoms with Crippen LogP contribution in [0.25, 0.3) is 5.82 Å². The summed E-state index contributed by atoms with van der Waals surface area (Å²) >= 11 is 3.31. The second kappa shape index (κ2) is 8.13. The van der Waals surface area contributed by atoms with E-state index < -0.39 is 11.8 Å². The molecule has 2 amide bonds. The van der Waals surface area contributed by atoms with Gasteiger partial charge in [-0.3, -0.25) is 20.4 Å². The van der Waals surface area contributed by atoms with Gasteiger partial charge >= 0.3 is 0 Å². The van der Waals surface area contributed by atoms with Crippen molar-refractivity contribution in [1.82, 2.24) is 25.6 Å². The van der Waals surface area contributed by atoms with Crippen LogP contribution >= 0.6 is 15.9 Å². The van der Waals surface area contributed by atoms with Crippen LogP contribution in [0, 0.1) is 0 Å². The van der Waals surface area contributed by atoms with Crippen molar-refractivity contribution in [3.63, 3.8) is 0 Å². The number of carbonyl (C=O) groups excluding carboxylic acids is 2. The van der Waals surface area contributed by atoms with Crippen LogP contribution in [0.1, 0.15) is 46.2 Å². The number of amides is 2. The third-order valence-electron chi connectivity index (χ3n) is 3.86. The van der Waals surface area contributed by atoms with Crippen molar-refractivity contribution in [3.05, 3.63) is 76.2 Å². The molecule has 3 aromatic rings. The van der Waals surface area contributed by atoms with Gasteiger partial charge in [-0.15, -0.1) is 0 Å². The van der Waals surface area contributed by atoms with Crippen LogP contribution in [0.2, 0.25) is 0 Å². The molecule has 0 saturated heterocycles. The SMILES string of the molecule is CC(C)c1c(C(=O)NNC(=O)c2ccc(Br)cc2)cnn1-c1ccccn1. The summed E-state index contributed by atoms with van der Waals surface area (Å²) < 4.78 is 2.50. The molecule has 8 heteroatoms. The first-order valence-electron chi connectivity index (χ1n) is 8.33. The van der Waals surface area contributed by atoms with Gasteiger partial charge in [0.25, 0.3) is 11.8 Å². The Kier molecular flexibility index (Phi) is 5.66. The lowest BCUT2D eigenvalue weighted by atomic mass is 10.1. The molecule has 7 nitrogen and oxygen atoms in total. The zero-order valence-electron chi connectivity index (χ0n) is 14.8. The molecule has 0 aliphatic heterocycles. The molecule has 27 heavy (non-hydrogen) atoms. The number of hydrogen-bond acceptors (Lipinski definition) is 4. The Bertz CT molecular complexity index is 952. The van der Waals surface area contributed by atoms with Gasteiger partial charge in [-0.1, -0.05) is 35.8 Å². The Balaban J connectivity index is 1.78. The Morgan fingerprint density at radius 1 is 1.04 bits per heavy atom. The second-order valence-corrected chi connectivity index (χ2v) is 7.03. The summed E-state index contributed by atoms with van der Waals surface area (Å²) in [5.41, 5.74) is 6.40. The Morgan fingerprint density at radius 3 is 2.37 bits per heavy atom. The van der Waals surface area contributed by atoms with Crippen LogP contribution in [-0.2, 0) is 0 Å². The van der Waals surface area contributed by atoms with Gasteiger partial charge in [0.1, 0.15) is 0 Å². The van der Waals surface area contributed by atoms with Crippen molar-refractivity contribution in [2.75, 3.05) is 0 Å². The van der Waals surface area contributed by atoms with Crippen LogP contribution in [0.4, 0.5) is 0 Å². The van der Waals surface area contributed by atoms with E-state index in [1.165, 1.54) is 6.20 Å².